The Hall–Kier alpha value is -2.35. The number of benzene rings is 1. The summed E-state index contributed by atoms with van der Waals surface area (Å²) in [6.07, 6.45) is 0.328. The van der Waals surface area contributed by atoms with E-state index in [1.165, 1.54) is 23.5 Å². The number of thioether (sulfide) groups is 1. The number of carboxylic acids is 1. The van der Waals surface area contributed by atoms with E-state index in [9.17, 15) is 19.5 Å². The lowest BCUT2D eigenvalue weighted by molar-refractivity contribution is -0.146. The Labute approximate surface area is 142 Å². The standard InChI is InChI=1S/C16H17N3O4S/c1-19-14(21)11-5-3-2-4-10(11)12(18-19)8-13(20)17-16(15(22)23)6-7-24-9-16/h2-5H,6-9H2,1H3,(H,17,20)(H,22,23). The number of aryl methyl sites for hydroxylation is 1. The topological polar surface area (TPSA) is 101 Å². The van der Waals surface area contributed by atoms with Crippen molar-refractivity contribution in [3.8, 4) is 0 Å². The highest BCUT2D eigenvalue weighted by Gasteiger charge is 2.43. The number of carbonyl (C=O) groups is 2. The number of carboxylic acid groups (broad SMARTS) is 1. The van der Waals surface area contributed by atoms with Crippen molar-refractivity contribution in [3.05, 3.63) is 40.3 Å². The van der Waals surface area contributed by atoms with E-state index in [2.05, 4.69) is 10.4 Å². The van der Waals surface area contributed by atoms with Crippen LogP contribution in [0.25, 0.3) is 10.8 Å². The number of hydrogen-bond acceptors (Lipinski definition) is 5. The van der Waals surface area contributed by atoms with Gasteiger partial charge in [0, 0.05) is 18.2 Å². The fraction of sp³-hybridized carbons (Fsp3) is 0.375. The molecular weight excluding hydrogens is 330 g/mol. The quantitative estimate of drug-likeness (QED) is 0.838. The molecule has 1 unspecified atom stereocenters. The van der Waals surface area contributed by atoms with Crippen molar-refractivity contribution in [2.75, 3.05) is 11.5 Å². The number of rotatable bonds is 4. The van der Waals surface area contributed by atoms with Crippen LogP contribution in [0.1, 0.15) is 12.1 Å². The average Bonchev–Trinajstić information content (AvgIpc) is 3.02. The maximum atomic E-state index is 12.4. The smallest absolute Gasteiger partial charge is 0.330 e. The zero-order valence-electron chi connectivity index (χ0n) is 13.1. The van der Waals surface area contributed by atoms with Crippen LogP contribution in [0, 0.1) is 0 Å². The van der Waals surface area contributed by atoms with Crippen molar-refractivity contribution >= 4 is 34.4 Å². The van der Waals surface area contributed by atoms with Crippen molar-refractivity contribution in [2.24, 2.45) is 7.05 Å². The Balaban J connectivity index is 1.90. The van der Waals surface area contributed by atoms with Gasteiger partial charge in [-0.25, -0.2) is 9.48 Å². The molecule has 0 aliphatic carbocycles. The van der Waals surface area contributed by atoms with Gasteiger partial charge in [-0.05, 0) is 18.2 Å². The van der Waals surface area contributed by atoms with Gasteiger partial charge in [-0.15, -0.1) is 0 Å². The number of nitrogens with one attached hydrogen (secondary N) is 1. The van der Waals surface area contributed by atoms with E-state index in [1.54, 1.807) is 24.3 Å². The second-order valence-corrected chi connectivity index (χ2v) is 6.94. The molecule has 1 aromatic carbocycles. The molecule has 2 heterocycles. The monoisotopic (exact) mass is 347 g/mol. The number of fused-ring (bicyclic) bond motifs is 1. The molecule has 3 rings (SSSR count). The molecule has 1 aromatic heterocycles. The van der Waals surface area contributed by atoms with Crippen molar-refractivity contribution in [3.63, 3.8) is 0 Å². The molecule has 0 radical (unpaired) electrons. The number of aliphatic carboxylic acids is 1. The minimum Gasteiger partial charge on any atom is -0.479 e. The lowest BCUT2D eigenvalue weighted by Crippen LogP contribution is -2.55. The van der Waals surface area contributed by atoms with Crippen LogP contribution < -0.4 is 10.9 Å². The summed E-state index contributed by atoms with van der Waals surface area (Å²) in [7, 11) is 1.53. The molecule has 126 valence electrons. The third-order valence-electron chi connectivity index (χ3n) is 4.17. The summed E-state index contributed by atoms with van der Waals surface area (Å²) in [6.45, 7) is 0. The Morgan fingerprint density at radius 1 is 1.38 bits per heavy atom. The van der Waals surface area contributed by atoms with Gasteiger partial charge in [0.05, 0.1) is 17.5 Å². The summed E-state index contributed by atoms with van der Waals surface area (Å²) in [5.41, 5.74) is -0.988. The summed E-state index contributed by atoms with van der Waals surface area (Å²) in [4.78, 5) is 36.0. The summed E-state index contributed by atoms with van der Waals surface area (Å²) in [6, 6.07) is 6.96. The van der Waals surface area contributed by atoms with Gasteiger partial charge in [-0.3, -0.25) is 9.59 Å². The normalized spacial score (nSPS) is 20.2. The highest BCUT2D eigenvalue weighted by molar-refractivity contribution is 7.99. The third-order valence-corrected chi connectivity index (χ3v) is 5.36. The molecule has 8 heteroatoms. The Morgan fingerprint density at radius 2 is 2.08 bits per heavy atom. The van der Waals surface area contributed by atoms with Crippen LogP contribution in [-0.2, 0) is 23.1 Å². The molecule has 2 N–H and O–H groups in total. The van der Waals surface area contributed by atoms with Gasteiger partial charge in [-0.2, -0.15) is 16.9 Å². The van der Waals surface area contributed by atoms with Crippen LogP contribution in [0.4, 0.5) is 0 Å². The first kappa shape index (κ1) is 16.5. The predicted molar refractivity (Wildman–Crippen MR) is 91.1 cm³/mol. The van der Waals surface area contributed by atoms with E-state index in [4.69, 9.17) is 0 Å². The predicted octanol–water partition coefficient (Wildman–Crippen LogP) is 0.553. The summed E-state index contributed by atoms with van der Waals surface area (Å²) < 4.78 is 1.20. The lowest BCUT2D eigenvalue weighted by Gasteiger charge is -2.24. The average molecular weight is 347 g/mol. The Bertz CT molecular complexity index is 871. The van der Waals surface area contributed by atoms with E-state index in [-0.39, 0.29) is 12.0 Å². The maximum Gasteiger partial charge on any atom is 0.330 e. The lowest BCUT2D eigenvalue weighted by atomic mass is 9.98. The van der Waals surface area contributed by atoms with Crippen LogP contribution in [0.2, 0.25) is 0 Å². The molecule has 1 aliphatic rings. The molecule has 1 aliphatic heterocycles. The van der Waals surface area contributed by atoms with E-state index < -0.39 is 17.4 Å². The van der Waals surface area contributed by atoms with E-state index in [0.717, 1.165) is 0 Å². The number of amides is 1. The molecule has 1 atom stereocenters. The fourth-order valence-electron chi connectivity index (χ4n) is 2.86. The second kappa shape index (κ2) is 6.27. The first-order valence-corrected chi connectivity index (χ1v) is 8.65. The summed E-state index contributed by atoms with van der Waals surface area (Å²) in [5, 5.41) is 17.4. The van der Waals surface area contributed by atoms with Crippen LogP contribution in [-0.4, -0.2) is 43.8 Å². The molecule has 1 fully saturated rings. The van der Waals surface area contributed by atoms with Gasteiger partial charge in [0.15, 0.2) is 0 Å². The van der Waals surface area contributed by atoms with Gasteiger partial charge in [-0.1, -0.05) is 18.2 Å². The molecular formula is C16H17N3O4S. The second-order valence-electron chi connectivity index (χ2n) is 5.84. The van der Waals surface area contributed by atoms with Crippen molar-refractivity contribution in [2.45, 2.75) is 18.4 Å². The van der Waals surface area contributed by atoms with Crippen LogP contribution in [0.3, 0.4) is 0 Å². The highest BCUT2D eigenvalue weighted by atomic mass is 32.2. The number of carbonyl (C=O) groups excluding carboxylic acids is 1. The molecule has 1 amide bonds. The minimum absolute atomic E-state index is 0.0751. The molecule has 0 spiro atoms. The van der Waals surface area contributed by atoms with Crippen molar-refractivity contribution in [1.29, 1.82) is 0 Å². The maximum absolute atomic E-state index is 12.4. The van der Waals surface area contributed by atoms with Gasteiger partial charge in [0.2, 0.25) is 5.91 Å². The fourth-order valence-corrected chi connectivity index (χ4v) is 4.18. The van der Waals surface area contributed by atoms with Crippen molar-refractivity contribution in [1.82, 2.24) is 15.1 Å². The van der Waals surface area contributed by atoms with Crippen LogP contribution >= 0.6 is 11.8 Å². The minimum atomic E-state index is -1.21. The third kappa shape index (κ3) is 2.89. The van der Waals surface area contributed by atoms with E-state index >= 15 is 0 Å². The molecule has 1 saturated heterocycles. The first-order chi connectivity index (χ1) is 11.4. The van der Waals surface area contributed by atoms with E-state index in [0.29, 0.717) is 34.4 Å². The molecule has 24 heavy (non-hydrogen) atoms. The van der Waals surface area contributed by atoms with Gasteiger partial charge in [0.25, 0.3) is 5.56 Å². The van der Waals surface area contributed by atoms with Gasteiger partial charge >= 0.3 is 5.97 Å². The zero-order valence-corrected chi connectivity index (χ0v) is 13.9. The Morgan fingerprint density at radius 3 is 2.71 bits per heavy atom. The first-order valence-electron chi connectivity index (χ1n) is 7.50. The number of aromatic nitrogens is 2. The number of nitrogens with zero attached hydrogens (tertiary/aromatic N) is 2. The molecule has 0 bridgehead atoms. The van der Waals surface area contributed by atoms with E-state index in [1.807, 2.05) is 0 Å². The van der Waals surface area contributed by atoms with Crippen LogP contribution in [0.5, 0.6) is 0 Å². The van der Waals surface area contributed by atoms with Gasteiger partial charge < -0.3 is 10.4 Å². The largest absolute Gasteiger partial charge is 0.479 e. The molecule has 7 nitrogen and oxygen atoms in total. The molecule has 2 aromatic rings. The van der Waals surface area contributed by atoms with Gasteiger partial charge in [0.1, 0.15) is 5.54 Å². The van der Waals surface area contributed by atoms with Crippen LogP contribution in [0.15, 0.2) is 29.1 Å². The highest BCUT2D eigenvalue weighted by Crippen LogP contribution is 2.28. The zero-order chi connectivity index (χ0) is 17.3. The summed E-state index contributed by atoms with van der Waals surface area (Å²) >= 11 is 1.51. The SMILES string of the molecule is Cn1nc(CC(=O)NC2(C(=O)O)CCSC2)c2ccccc2c1=O. The summed E-state index contributed by atoms with van der Waals surface area (Å²) in [5.74, 6) is -0.362. The Kier molecular flexibility index (Phi) is 4.31. The number of hydrogen-bond donors (Lipinski definition) is 2. The van der Waals surface area contributed by atoms with Crippen molar-refractivity contribution < 1.29 is 14.7 Å². The molecule has 0 saturated carbocycles.